The van der Waals surface area contributed by atoms with Gasteiger partial charge in [0, 0.05) is 23.0 Å². The molecule has 1 saturated carbocycles. The molecule has 1 saturated heterocycles. The molecule has 3 atom stereocenters. The number of rotatable bonds is 8. The largest absolute Gasteiger partial charge is 0.465 e. The minimum Gasteiger partial charge on any atom is -0.465 e. The van der Waals surface area contributed by atoms with E-state index < -0.39 is 35.7 Å². The van der Waals surface area contributed by atoms with Crippen molar-refractivity contribution in [3.8, 4) is 0 Å². The molecule has 0 spiro atoms. The van der Waals surface area contributed by atoms with Gasteiger partial charge >= 0.3 is 6.09 Å². The highest BCUT2D eigenvalue weighted by molar-refractivity contribution is 6.38. The van der Waals surface area contributed by atoms with Crippen LogP contribution in [0.15, 0.2) is 18.2 Å². The Hall–Kier alpha value is -3.14. The molecule has 2 aliphatic rings. The van der Waals surface area contributed by atoms with E-state index in [0.717, 1.165) is 12.8 Å². The second-order valence-electron chi connectivity index (χ2n) is 7.84. The quantitative estimate of drug-likeness (QED) is 0.376. The summed E-state index contributed by atoms with van der Waals surface area (Å²) in [6.45, 7) is 1.82. The molecule has 1 aromatic rings. The molecule has 2 fully saturated rings. The van der Waals surface area contributed by atoms with Crippen LogP contribution in [0.1, 0.15) is 43.0 Å². The third-order valence-corrected chi connectivity index (χ3v) is 5.38. The maximum atomic E-state index is 12.9. The second kappa shape index (κ2) is 9.34. The van der Waals surface area contributed by atoms with Crippen LogP contribution in [0.4, 0.5) is 10.5 Å². The van der Waals surface area contributed by atoms with E-state index >= 15 is 0 Å². The zero-order chi connectivity index (χ0) is 22.7. The molecular formula is C20H23ClN4O6. The van der Waals surface area contributed by atoms with Gasteiger partial charge in [0.05, 0.1) is 17.3 Å². The van der Waals surface area contributed by atoms with Gasteiger partial charge < -0.3 is 21.1 Å². The van der Waals surface area contributed by atoms with Gasteiger partial charge in [-0.1, -0.05) is 11.6 Å². The number of halogens is 1. The first-order chi connectivity index (χ1) is 14.6. The van der Waals surface area contributed by atoms with Gasteiger partial charge in [-0.3, -0.25) is 24.5 Å². The smallest absolute Gasteiger partial charge is 0.409 e. The molecule has 10 nitrogen and oxygen atoms in total. The molecule has 5 N–H and O–H groups in total. The number of carbonyl (C=O) groups excluding carboxylic acids is 4. The van der Waals surface area contributed by atoms with Crippen molar-refractivity contribution in [3.63, 3.8) is 0 Å². The first-order valence-electron chi connectivity index (χ1n) is 9.89. The lowest BCUT2D eigenvalue weighted by molar-refractivity contribution is -0.139. The van der Waals surface area contributed by atoms with Crippen molar-refractivity contribution in [3.05, 3.63) is 28.8 Å². The average molecular weight is 451 g/mol. The summed E-state index contributed by atoms with van der Waals surface area (Å²) in [7, 11) is 0. The second-order valence-corrected chi connectivity index (χ2v) is 8.27. The number of benzene rings is 1. The Morgan fingerprint density at radius 3 is 2.55 bits per heavy atom. The fourth-order valence-corrected chi connectivity index (χ4v) is 3.65. The number of ketones is 1. The van der Waals surface area contributed by atoms with Crippen LogP contribution in [0.5, 0.6) is 0 Å². The number of anilines is 1. The first kappa shape index (κ1) is 22.5. The molecule has 166 valence electrons. The van der Waals surface area contributed by atoms with Gasteiger partial charge in [-0.2, -0.15) is 0 Å². The predicted octanol–water partition coefficient (Wildman–Crippen LogP) is 1.29. The molecule has 11 heteroatoms. The standard InChI is InChI=1S/C20H23ClN4O6/c1-9-6-10(17(27)22-9)7-15(16(26)19(29)23-12-3-4-12)24-18(28)13-8-11(21)2-5-14(13)25-20(30)31/h2,5,8-10,12,15,25H,3-4,6-7H2,1H3,(H,22,27)(H,23,29)(H,24,28)(H,30,31)/t9-,10+,15+/m1/s1. The van der Waals surface area contributed by atoms with Crippen molar-refractivity contribution in [2.45, 2.75) is 50.7 Å². The Labute approximate surface area is 183 Å². The minimum atomic E-state index is -1.38. The molecule has 1 aliphatic carbocycles. The van der Waals surface area contributed by atoms with E-state index in [1.165, 1.54) is 18.2 Å². The highest BCUT2D eigenvalue weighted by Gasteiger charge is 2.37. The summed E-state index contributed by atoms with van der Waals surface area (Å²) in [5.41, 5.74) is -0.144. The number of hydrogen-bond donors (Lipinski definition) is 5. The minimum absolute atomic E-state index is 0.0322. The van der Waals surface area contributed by atoms with Gasteiger partial charge in [0.25, 0.3) is 11.8 Å². The molecular weight excluding hydrogens is 428 g/mol. The topological polar surface area (TPSA) is 154 Å². The van der Waals surface area contributed by atoms with E-state index in [9.17, 15) is 24.0 Å². The van der Waals surface area contributed by atoms with E-state index in [4.69, 9.17) is 16.7 Å². The van der Waals surface area contributed by atoms with Crippen LogP contribution >= 0.6 is 11.6 Å². The van der Waals surface area contributed by atoms with Gasteiger partial charge in [-0.15, -0.1) is 0 Å². The summed E-state index contributed by atoms with van der Waals surface area (Å²) in [4.78, 5) is 61.2. The lowest BCUT2D eigenvalue weighted by Gasteiger charge is -2.20. The highest BCUT2D eigenvalue weighted by atomic mass is 35.5. The monoisotopic (exact) mass is 450 g/mol. The predicted molar refractivity (Wildman–Crippen MR) is 111 cm³/mol. The zero-order valence-corrected chi connectivity index (χ0v) is 17.5. The van der Waals surface area contributed by atoms with Gasteiger partial charge in [0.1, 0.15) is 0 Å². The van der Waals surface area contributed by atoms with Crippen molar-refractivity contribution in [1.29, 1.82) is 0 Å². The van der Waals surface area contributed by atoms with Crippen LogP contribution in [0.25, 0.3) is 0 Å². The molecule has 0 bridgehead atoms. The van der Waals surface area contributed by atoms with Crippen molar-refractivity contribution in [2.24, 2.45) is 5.92 Å². The Bertz CT molecular complexity index is 932. The lowest BCUT2D eigenvalue weighted by atomic mass is 9.93. The molecule has 0 unspecified atom stereocenters. The van der Waals surface area contributed by atoms with E-state index in [0.29, 0.717) is 6.42 Å². The summed E-state index contributed by atoms with van der Waals surface area (Å²) in [6.07, 6.45) is 0.591. The van der Waals surface area contributed by atoms with Crippen molar-refractivity contribution >= 4 is 46.9 Å². The Morgan fingerprint density at radius 2 is 1.97 bits per heavy atom. The molecule has 0 aromatic heterocycles. The van der Waals surface area contributed by atoms with Gasteiger partial charge in [-0.05, 0) is 50.8 Å². The van der Waals surface area contributed by atoms with Crippen LogP contribution in [-0.2, 0) is 14.4 Å². The number of carbonyl (C=O) groups is 5. The molecule has 1 aliphatic heterocycles. The number of nitrogens with one attached hydrogen (secondary N) is 4. The third kappa shape index (κ3) is 5.94. The fraction of sp³-hybridized carbons (Fsp3) is 0.450. The summed E-state index contributed by atoms with van der Waals surface area (Å²) in [5, 5.41) is 19.1. The Kier molecular flexibility index (Phi) is 6.79. The van der Waals surface area contributed by atoms with Gasteiger partial charge in [-0.25, -0.2) is 4.79 Å². The average Bonchev–Trinajstić information content (AvgIpc) is 3.44. The Balaban J connectivity index is 1.81. The molecule has 3 rings (SSSR count). The van der Waals surface area contributed by atoms with E-state index in [1.54, 1.807) is 0 Å². The van der Waals surface area contributed by atoms with Crippen LogP contribution in [0.2, 0.25) is 5.02 Å². The maximum Gasteiger partial charge on any atom is 0.409 e. The third-order valence-electron chi connectivity index (χ3n) is 5.14. The first-order valence-corrected chi connectivity index (χ1v) is 10.3. The number of carboxylic acid groups (broad SMARTS) is 1. The van der Waals surface area contributed by atoms with Crippen LogP contribution in [-0.4, -0.2) is 52.8 Å². The SMILES string of the molecule is C[C@@H]1C[C@@H](C[C@H](NC(=O)c2cc(Cl)ccc2NC(=O)O)C(=O)C(=O)NC2CC2)C(=O)N1. The van der Waals surface area contributed by atoms with Crippen molar-refractivity contribution < 1.29 is 29.1 Å². The molecule has 4 amide bonds. The molecule has 1 heterocycles. The zero-order valence-electron chi connectivity index (χ0n) is 16.7. The van der Waals surface area contributed by atoms with E-state index in [1.807, 2.05) is 6.92 Å². The number of hydrogen-bond acceptors (Lipinski definition) is 5. The lowest BCUT2D eigenvalue weighted by Crippen LogP contribution is -2.49. The Morgan fingerprint density at radius 1 is 1.26 bits per heavy atom. The van der Waals surface area contributed by atoms with Crippen molar-refractivity contribution in [2.75, 3.05) is 5.32 Å². The number of Topliss-reactive ketones (excluding diaryl/α,β-unsaturated/α-hetero) is 1. The summed E-state index contributed by atoms with van der Waals surface area (Å²) in [5.74, 6) is -3.28. The van der Waals surface area contributed by atoms with Crippen LogP contribution in [0, 0.1) is 5.92 Å². The maximum absolute atomic E-state index is 12.9. The van der Waals surface area contributed by atoms with E-state index in [-0.39, 0.29) is 40.7 Å². The molecule has 0 radical (unpaired) electrons. The van der Waals surface area contributed by atoms with Crippen molar-refractivity contribution in [1.82, 2.24) is 16.0 Å². The summed E-state index contributed by atoms with van der Waals surface area (Å²) >= 11 is 5.94. The van der Waals surface area contributed by atoms with Crippen LogP contribution in [0.3, 0.4) is 0 Å². The normalized spacial score (nSPS) is 21.0. The summed E-state index contributed by atoms with van der Waals surface area (Å²) < 4.78 is 0. The highest BCUT2D eigenvalue weighted by Crippen LogP contribution is 2.24. The molecule has 1 aromatic carbocycles. The fourth-order valence-electron chi connectivity index (χ4n) is 3.48. The van der Waals surface area contributed by atoms with Crippen LogP contribution < -0.4 is 21.3 Å². The van der Waals surface area contributed by atoms with E-state index in [2.05, 4.69) is 21.3 Å². The number of amides is 4. The summed E-state index contributed by atoms with van der Waals surface area (Å²) in [6, 6.07) is 2.57. The van der Waals surface area contributed by atoms with Gasteiger partial charge in [0.15, 0.2) is 0 Å². The van der Waals surface area contributed by atoms with Gasteiger partial charge in [0.2, 0.25) is 11.7 Å². The molecule has 31 heavy (non-hydrogen) atoms.